The molecule has 28 heavy (non-hydrogen) atoms. The predicted molar refractivity (Wildman–Crippen MR) is 106 cm³/mol. The van der Waals surface area contributed by atoms with Crippen LogP contribution < -0.4 is 0 Å². The van der Waals surface area contributed by atoms with Gasteiger partial charge >= 0.3 is 5.97 Å². The number of aromatic nitrogens is 2. The lowest BCUT2D eigenvalue weighted by atomic mass is 10.0. The number of carbonyl (C=O) groups excluding carboxylic acids is 1. The molecule has 1 saturated carbocycles. The van der Waals surface area contributed by atoms with Crippen LogP contribution in [-0.2, 0) is 4.79 Å². The summed E-state index contributed by atoms with van der Waals surface area (Å²) in [6.45, 7) is 7.33. The van der Waals surface area contributed by atoms with E-state index < -0.39 is 12.0 Å². The minimum Gasteiger partial charge on any atom is -0.480 e. The molecule has 1 aliphatic rings. The molecule has 0 spiro atoms. The monoisotopic (exact) mass is 399 g/mol. The molecule has 1 unspecified atom stereocenters. The number of carboxylic acids is 1. The van der Waals surface area contributed by atoms with Crippen molar-refractivity contribution in [2.75, 3.05) is 0 Å². The highest BCUT2D eigenvalue weighted by Gasteiger charge is 2.40. The van der Waals surface area contributed by atoms with Crippen molar-refractivity contribution < 1.29 is 19.2 Å². The zero-order chi connectivity index (χ0) is 20.2. The summed E-state index contributed by atoms with van der Waals surface area (Å²) in [5.74, 6) is -1.33. The number of rotatable bonds is 5. The van der Waals surface area contributed by atoms with E-state index in [1.165, 1.54) is 4.90 Å². The Kier molecular flexibility index (Phi) is 4.45. The molecule has 0 aliphatic heterocycles. The lowest BCUT2D eigenvalue weighted by Gasteiger charge is -2.26. The number of carboxylic acid groups (broad SMARTS) is 1. The summed E-state index contributed by atoms with van der Waals surface area (Å²) in [4.78, 5) is 33.4. The number of aliphatic carboxylic acids is 1. The summed E-state index contributed by atoms with van der Waals surface area (Å²) in [5, 5.41) is 14.0. The summed E-state index contributed by atoms with van der Waals surface area (Å²) in [6, 6.07) is 2.82. The first kappa shape index (κ1) is 18.6. The minimum absolute atomic E-state index is 0.0458. The Hall–Kier alpha value is -2.74. The second-order valence-corrected chi connectivity index (χ2v) is 8.75. The topological polar surface area (TPSA) is 96.5 Å². The number of fused-ring (bicyclic) bond motifs is 1. The van der Waals surface area contributed by atoms with E-state index in [2.05, 4.69) is 10.1 Å². The van der Waals surface area contributed by atoms with Crippen LogP contribution in [0, 0.1) is 20.8 Å². The molecule has 8 heteroatoms. The number of carbonyl (C=O) groups is 2. The molecule has 7 nitrogen and oxygen atoms in total. The van der Waals surface area contributed by atoms with Crippen molar-refractivity contribution in [3.05, 3.63) is 33.1 Å². The van der Waals surface area contributed by atoms with Crippen molar-refractivity contribution in [3.8, 4) is 11.3 Å². The molecular weight excluding hydrogens is 378 g/mol. The third kappa shape index (κ3) is 3.07. The summed E-state index contributed by atoms with van der Waals surface area (Å²) < 4.78 is 5.37. The van der Waals surface area contributed by atoms with Gasteiger partial charge in [0, 0.05) is 21.4 Å². The maximum atomic E-state index is 13.5. The second-order valence-electron chi connectivity index (χ2n) is 7.29. The zero-order valence-corrected chi connectivity index (χ0v) is 17.0. The highest BCUT2D eigenvalue weighted by Crippen LogP contribution is 2.35. The minimum atomic E-state index is -1.02. The Morgan fingerprint density at radius 2 is 2.00 bits per heavy atom. The fourth-order valence-electron chi connectivity index (χ4n) is 3.56. The van der Waals surface area contributed by atoms with E-state index in [1.807, 2.05) is 19.9 Å². The standard InChI is InChI=1S/C20H21N3O4S/c1-9-7-14(12(4)28-9)16-8-15(17-10(2)22-27-18(17)21-16)19(24)23(13-5-6-13)11(3)20(25)26/h7-8,11,13H,5-6H2,1-4H3,(H,25,26). The van der Waals surface area contributed by atoms with Gasteiger partial charge in [-0.05, 0) is 52.7 Å². The molecule has 0 aromatic carbocycles. The molecule has 0 saturated heterocycles. The number of thiophene rings is 1. The molecule has 1 amide bonds. The Balaban J connectivity index is 1.89. The second kappa shape index (κ2) is 6.70. The first-order valence-corrected chi connectivity index (χ1v) is 9.99. The van der Waals surface area contributed by atoms with E-state index in [0.717, 1.165) is 28.2 Å². The lowest BCUT2D eigenvalue weighted by Crippen LogP contribution is -2.44. The van der Waals surface area contributed by atoms with Crippen LogP contribution >= 0.6 is 11.3 Å². The maximum Gasteiger partial charge on any atom is 0.326 e. The smallest absolute Gasteiger partial charge is 0.326 e. The maximum absolute atomic E-state index is 13.5. The highest BCUT2D eigenvalue weighted by atomic mass is 32.1. The number of aryl methyl sites for hydroxylation is 3. The van der Waals surface area contributed by atoms with Gasteiger partial charge in [-0.15, -0.1) is 11.3 Å². The van der Waals surface area contributed by atoms with Crippen LogP contribution in [0.2, 0.25) is 0 Å². The van der Waals surface area contributed by atoms with Crippen LogP contribution in [0.25, 0.3) is 22.4 Å². The third-order valence-corrected chi connectivity index (χ3v) is 6.08. The number of hydrogen-bond acceptors (Lipinski definition) is 6. The summed E-state index contributed by atoms with van der Waals surface area (Å²) in [5.41, 5.74) is 2.82. The van der Waals surface area contributed by atoms with Crippen molar-refractivity contribution in [2.24, 2.45) is 0 Å². The third-order valence-electron chi connectivity index (χ3n) is 5.11. The normalized spacial score (nSPS) is 15.0. The predicted octanol–water partition coefficient (Wildman–Crippen LogP) is 3.95. The summed E-state index contributed by atoms with van der Waals surface area (Å²) in [7, 11) is 0. The van der Waals surface area contributed by atoms with Crippen LogP contribution in [0.3, 0.4) is 0 Å². The number of nitrogens with zero attached hydrogens (tertiary/aromatic N) is 3. The Morgan fingerprint density at radius 3 is 2.57 bits per heavy atom. The average Bonchev–Trinajstić information content (AvgIpc) is 3.32. The van der Waals surface area contributed by atoms with Crippen molar-refractivity contribution >= 4 is 34.3 Å². The van der Waals surface area contributed by atoms with Gasteiger partial charge in [0.1, 0.15) is 6.04 Å². The fourth-order valence-corrected chi connectivity index (χ4v) is 4.49. The molecule has 146 valence electrons. The van der Waals surface area contributed by atoms with Crippen LogP contribution in [0.15, 0.2) is 16.7 Å². The Labute approximate surface area is 166 Å². The van der Waals surface area contributed by atoms with E-state index in [-0.39, 0.29) is 11.9 Å². The molecule has 1 aliphatic carbocycles. The summed E-state index contributed by atoms with van der Waals surface area (Å²) in [6.07, 6.45) is 1.63. The van der Waals surface area contributed by atoms with Crippen molar-refractivity contribution in [3.63, 3.8) is 0 Å². The number of amides is 1. The van der Waals surface area contributed by atoms with Gasteiger partial charge in [-0.25, -0.2) is 9.78 Å². The van der Waals surface area contributed by atoms with E-state index in [9.17, 15) is 14.7 Å². The Bertz CT molecular complexity index is 1100. The quantitative estimate of drug-likeness (QED) is 0.698. The van der Waals surface area contributed by atoms with Crippen LogP contribution in [0.5, 0.6) is 0 Å². The number of hydrogen-bond donors (Lipinski definition) is 1. The molecule has 4 rings (SSSR count). The summed E-state index contributed by atoms with van der Waals surface area (Å²) >= 11 is 1.66. The van der Waals surface area contributed by atoms with Crippen LogP contribution in [0.1, 0.15) is 45.6 Å². The van der Waals surface area contributed by atoms with Crippen molar-refractivity contribution in [1.82, 2.24) is 15.0 Å². The van der Waals surface area contributed by atoms with Gasteiger partial charge in [-0.2, -0.15) is 0 Å². The van der Waals surface area contributed by atoms with Gasteiger partial charge in [-0.1, -0.05) is 5.16 Å². The van der Waals surface area contributed by atoms with E-state index in [1.54, 1.807) is 31.3 Å². The molecule has 3 aromatic rings. The van der Waals surface area contributed by atoms with Crippen LogP contribution in [0.4, 0.5) is 0 Å². The SMILES string of the molecule is Cc1cc(-c2cc(C(=O)N(C3CC3)C(C)C(=O)O)c3c(C)noc3n2)c(C)s1. The van der Waals surface area contributed by atoms with Gasteiger partial charge in [0.25, 0.3) is 11.6 Å². The largest absolute Gasteiger partial charge is 0.480 e. The lowest BCUT2D eigenvalue weighted by molar-refractivity contribution is -0.141. The molecule has 1 N–H and O–H groups in total. The molecule has 0 radical (unpaired) electrons. The molecule has 1 atom stereocenters. The van der Waals surface area contributed by atoms with Gasteiger partial charge in [0.05, 0.1) is 22.3 Å². The van der Waals surface area contributed by atoms with Gasteiger partial charge in [0.15, 0.2) is 0 Å². The fraction of sp³-hybridized carbons (Fsp3) is 0.400. The first-order chi connectivity index (χ1) is 13.3. The van der Waals surface area contributed by atoms with Gasteiger partial charge < -0.3 is 14.5 Å². The molecule has 0 bridgehead atoms. The highest BCUT2D eigenvalue weighted by molar-refractivity contribution is 7.12. The van der Waals surface area contributed by atoms with Crippen molar-refractivity contribution in [2.45, 2.75) is 52.6 Å². The molecule has 3 aromatic heterocycles. The Morgan fingerprint density at radius 1 is 1.29 bits per heavy atom. The molecular formula is C20H21N3O4S. The van der Waals surface area contributed by atoms with E-state index in [4.69, 9.17) is 4.52 Å². The molecule has 3 heterocycles. The average molecular weight is 399 g/mol. The van der Waals surface area contributed by atoms with Crippen molar-refractivity contribution in [1.29, 1.82) is 0 Å². The number of pyridine rings is 1. The van der Waals surface area contributed by atoms with Gasteiger partial charge in [-0.3, -0.25) is 4.79 Å². The zero-order valence-electron chi connectivity index (χ0n) is 16.1. The molecule has 1 fully saturated rings. The van der Waals surface area contributed by atoms with Gasteiger partial charge in [0.2, 0.25) is 0 Å². The van der Waals surface area contributed by atoms with Crippen LogP contribution in [-0.4, -0.2) is 44.1 Å². The first-order valence-electron chi connectivity index (χ1n) is 9.17. The van der Waals surface area contributed by atoms with E-state index >= 15 is 0 Å². The van der Waals surface area contributed by atoms with E-state index in [0.29, 0.717) is 28.1 Å².